The quantitative estimate of drug-likeness (QED) is 0.672. The lowest BCUT2D eigenvalue weighted by Gasteiger charge is -2.17. The van der Waals surface area contributed by atoms with E-state index in [9.17, 15) is 9.59 Å². The van der Waals surface area contributed by atoms with E-state index >= 15 is 0 Å². The fraction of sp³-hybridized carbons (Fsp3) is 0.267. The molecule has 0 aliphatic heterocycles. The maximum Gasteiger partial charge on any atom is 0.274 e. The highest BCUT2D eigenvalue weighted by Crippen LogP contribution is 2.07. The minimum Gasteiger partial charge on any atom is -0.311 e. The number of aromatic nitrogens is 1. The van der Waals surface area contributed by atoms with Crippen molar-refractivity contribution in [3.8, 4) is 24.3 Å². The van der Waals surface area contributed by atoms with Crippen LogP contribution in [0.4, 0.5) is 0 Å². The highest BCUT2D eigenvalue weighted by atomic mass is 16.2. The van der Waals surface area contributed by atoms with Crippen LogP contribution < -0.4 is 0 Å². The largest absolute Gasteiger partial charge is 0.311 e. The first-order valence-corrected chi connectivity index (χ1v) is 6.62. The molecule has 1 rings (SSSR count). The number of carbonyl (C=O) groups is 2. The maximum atomic E-state index is 12.3. The standard InChI is InChI=1S/C15H11N7O2/c16-4-8-21(9-5-17)14(23)12-2-1-3-13(20-12)15(24)22(10-6-18)11-7-19/h1-3H,8-11H2. The summed E-state index contributed by atoms with van der Waals surface area (Å²) in [6, 6.07) is 11.2. The molecule has 0 radical (unpaired) electrons. The molecule has 1 heterocycles. The smallest absolute Gasteiger partial charge is 0.274 e. The van der Waals surface area contributed by atoms with Gasteiger partial charge in [0, 0.05) is 0 Å². The minimum atomic E-state index is -0.667. The Hall–Kier alpha value is -3.95. The van der Waals surface area contributed by atoms with Crippen molar-refractivity contribution in [1.29, 1.82) is 21.0 Å². The first kappa shape index (κ1) is 18.1. The van der Waals surface area contributed by atoms with Gasteiger partial charge >= 0.3 is 0 Å². The molecule has 24 heavy (non-hydrogen) atoms. The Balaban J connectivity index is 3.10. The molecule has 0 aliphatic carbocycles. The van der Waals surface area contributed by atoms with Crippen molar-refractivity contribution >= 4 is 11.8 Å². The lowest BCUT2D eigenvalue weighted by molar-refractivity contribution is 0.0781. The van der Waals surface area contributed by atoms with Crippen LogP contribution >= 0.6 is 0 Å². The van der Waals surface area contributed by atoms with Crippen LogP contribution in [0.1, 0.15) is 21.0 Å². The zero-order chi connectivity index (χ0) is 17.9. The van der Waals surface area contributed by atoms with Gasteiger partial charge < -0.3 is 9.80 Å². The van der Waals surface area contributed by atoms with Gasteiger partial charge in [0.2, 0.25) is 0 Å². The minimum absolute atomic E-state index is 0.111. The van der Waals surface area contributed by atoms with Gasteiger partial charge in [0.15, 0.2) is 0 Å². The molecule has 1 aromatic rings. The molecule has 0 unspecified atom stereocenters. The highest BCUT2D eigenvalue weighted by Gasteiger charge is 2.21. The Morgan fingerprint density at radius 3 is 1.42 bits per heavy atom. The van der Waals surface area contributed by atoms with Gasteiger partial charge in [-0.3, -0.25) is 9.59 Å². The van der Waals surface area contributed by atoms with E-state index in [1.807, 2.05) is 0 Å². The Bertz CT molecular complexity index is 697. The summed E-state index contributed by atoms with van der Waals surface area (Å²) >= 11 is 0. The highest BCUT2D eigenvalue weighted by molar-refractivity contribution is 5.96. The summed E-state index contributed by atoms with van der Waals surface area (Å²) in [4.78, 5) is 30.4. The van der Waals surface area contributed by atoms with Gasteiger partial charge in [-0.1, -0.05) is 6.07 Å². The number of pyridine rings is 1. The predicted octanol–water partition coefficient (Wildman–Crippen LogP) is 0.0603. The number of hydrogen-bond donors (Lipinski definition) is 0. The third-order valence-corrected chi connectivity index (χ3v) is 2.81. The summed E-state index contributed by atoms with van der Waals surface area (Å²) in [7, 11) is 0. The summed E-state index contributed by atoms with van der Waals surface area (Å²) in [5.74, 6) is -1.33. The summed E-state index contributed by atoms with van der Waals surface area (Å²) in [5.41, 5.74) is -0.222. The normalized spacial score (nSPS) is 8.83. The van der Waals surface area contributed by atoms with Crippen LogP contribution in [0.3, 0.4) is 0 Å². The van der Waals surface area contributed by atoms with Crippen molar-refractivity contribution in [1.82, 2.24) is 14.8 Å². The third kappa shape index (κ3) is 4.53. The van der Waals surface area contributed by atoms with E-state index in [-0.39, 0.29) is 37.6 Å². The van der Waals surface area contributed by atoms with Crippen LogP contribution in [0, 0.1) is 45.3 Å². The van der Waals surface area contributed by atoms with Crippen LogP contribution in [-0.4, -0.2) is 52.8 Å². The maximum absolute atomic E-state index is 12.3. The Kier molecular flexibility index (Phi) is 6.90. The number of nitrogens with zero attached hydrogens (tertiary/aromatic N) is 7. The molecule has 0 atom stereocenters. The number of rotatable bonds is 6. The van der Waals surface area contributed by atoms with Crippen molar-refractivity contribution in [3.63, 3.8) is 0 Å². The number of carbonyl (C=O) groups excluding carboxylic acids is 2. The average molecular weight is 321 g/mol. The lowest BCUT2D eigenvalue weighted by Crippen LogP contribution is -2.34. The SMILES string of the molecule is N#CCN(CC#N)C(=O)c1cccc(C(=O)N(CC#N)CC#N)n1. The van der Waals surface area contributed by atoms with E-state index in [4.69, 9.17) is 21.0 Å². The van der Waals surface area contributed by atoms with Crippen LogP contribution in [0.5, 0.6) is 0 Å². The van der Waals surface area contributed by atoms with E-state index in [0.717, 1.165) is 9.80 Å². The van der Waals surface area contributed by atoms with Gasteiger partial charge in [-0.2, -0.15) is 21.0 Å². The van der Waals surface area contributed by atoms with Crippen LogP contribution in [-0.2, 0) is 0 Å². The molecule has 9 nitrogen and oxygen atoms in total. The molecular weight excluding hydrogens is 310 g/mol. The summed E-state index contributed by atoms with van der Waals surface area (Å²) in [6.07, 6.45) is 0. The zero-order valence-electron chi connectivity index (χ0n) is 12.5. The van der Waals surface area contributed by atoms with Gasteiger partial charge in [-0.15, -0.1) is 0 Å². The molecule has 0 fully saturated rings. The molecule has 0 N–H and O–H groups in total. The first-order valence-electron chi connectivity index (χ1n) is 6.62. The monoisotopic (exact) mass is 321 g/mol. The average Bonchev–Trinajstić information content (AvgIpc) is 2.60. The van der Waals surface area contributed by atoms with E-state index < -0.39 is 11.8 Å². The molecule has 0 aliphatic rings. The molecule has 0 saturated heterocycles. The molecular formula is C15H11N7O2. The number of hydrogen-bond acceptors (Lipinski definition) is 7. The molecule has 0 bridgehead atoms. The second kappa shape index (κ2) is 9.15. The molecule has 0 aromatic carbocycles. The Labute approximate surface area is 138 Å². The Morgan fingerprint density at radius 2 is 1.12 bits per heavy atom. The molecule has 118 valence electrons. The number of nitriles is 4. The third-order valence-electron chi connectivity index (χ3n) is 2.81. The van der Waals surface area contributed by atoms with Crippen molar-refractivity contribution in [2.75, 3.05) is 26.2 Å². The second-order valence-electron chi connectivity index (χ2n) is 4.36. The first-order chi connectivity index (χ1) is 11.6. The van der Waals surface area contributed by atoms with E-state index in [1.165, 1.54) is 18.2 Å². The van der Waals surface area contributed by atoms with Crippen molar-refractivity contribution in [2.45, 2.75) is 0 Å². The van der Waals surface area contributed by atoms with Gasteiger partial charge in [0.05, 0.1) is 24.3 Å². The number of amides is 2. The van der Waals surface area contributed by atoms with E-state index in [1.54, 1.807) is 24.3 Å². The van der Waals surface area contributed by atoms with Gasteiger partial charge in [-0.05, 0) is 12.1 Å². The molecule has 0 saturated carbocycles. The molecule has 0 spiro atoms. The topological polar surface area (TPSA) is 149 Å². The van der Waals surface area contributed by atoms with E-state index in [0.29, 0.717) is 0 Å². The van der Waals surface area contributed by atoms with Crippen molar-refractivity contribution < 1.29 is 9.59 Å². The van der Waals surface area contributed by atoms with Crippen molar-refractivity contribution in [3.05, 3.63) is 29.6 Å². The van der Waals surface area contributed by atoms with E-state index in [2.05, 4.69) is 4.98 Å². The predicted molar refractivity (Wildman–Crippen MR) is 78.5 cm³/mol. The Morgan fingerprint density at radius 1 is 0.792 bits per heavy atom. The summed E-state index contributed by atoms with van der Waals surface area (Å²) < 4.78 is 0. The fourth-order valence-corrected chi connectivity index (χ4v) is 1.74. The van der Waals surface area contributed by atoms with Crippen molar-refractivity contribution in [2.24, 2.45) is 0 Å². The second-order valence-corrected chi connectivity index (χ2v) is 4.36. The summed E-state index contributed by atoms with van der Waals surface area (Å²) in [5, 5.41) is 34.8. The van der Waals surface area contributed by atoms with Gasteiger partial charge in [0.25, 0.3) is 11.8 Å². The van der Waals surface area contributed by atoms with Gasteiger partial charge in [-0.25, -0.2) is 4.98 Å². The molecule has 9 heteroatoms. The lowest BCUT2D eigenvalue weighted by atomic mass is 10.2. The molecule has 2 amide bonds. The zero-order valence-corrected chi connectivity index (χ0v) is 12.5. The van der Waals surface area contributed by atoms with Crippen LogP contribution in [0.15, 0.2) is 18.2 Å². The summed E-state index contributed by atoms with van der Waals surface area (Å²) in [6.45, 7) is -1.16. The fourth-order valence-electron chi connectivity index (χ4n) is 1.74. The van der Waals surface area contributed by atoms with Gasteiger partial charge in [0.1, 0.15) is 37.6 Å². The van der Waals surface area contributed by atoms with Crippen LogP contribution in [0.2, 0.25) is 0 Å². The molecule has 1 aromatic heterocycles. The van der Waals surface area contributed by atoms with Crippen LogP contribution in [0.25, 0.3) is 0 Å².